The van der Waals surface area contributed by atoms with E-state index in [-0.39, 0.29) is 11.9 Å². The largest absolute Gasteiger partial charge is 0.431 e. The Hall–Kier alpha value is -1.05. The van der Waals surface area contributed by atoms with Crippen LogP contribution < -0.4 is 0 Å². The fourth-order valence-corrected chi connectivity index (χ4v) is 2.10. The van der Waals surface area contributed by atoms with Crippen LogP contribution in [-0.4, -0.2) is 5.97 Å². The maximum absolute atomic E-state index is 11.6. The molecule has 1 saturated carbocycles. The second-order valence-electron chi connectivity index (χ2n) is 5.18. The lowest BCUT2D eigenvalue weighted by Gasteiger charge is -2.25. The van der Waals surface area contributed by atoms with Crippen LogP contribution in [0.2, 0.25) is 0 Å². The predicted molar refractivity (Wildman–Crippen MR) is 63.7 cm³/mol. The molecule has 0 spiro atoms. The molecule has 0 aliphatic heterocycles. The van der Waals surface area contributed by atoms with Crippen LogP contribution >= 0.6 is 0 Å². The van der Waals surface area contributed by atoms with E-state index in [1.165, 1.54) is 11.1 Å². The van der Waals surface area contributed by atoms with Gasteiger partial charge < -0.3 is 4.74 Å². The number of carbonyl (C=O) groups is 1. The minimum Gasteiger partial charge on any atom is -0.431 e. The van der Waals surface area contributed by atoms with Crippen molar-refractivity contribution in [2.45, 2.75) is 46.0 Å². The smallest absolute Gasteiger partial charge is 0.314 e. The van der Waals surface area contributed by atoms with Crippen molar-refractivity contribution in [2.75, 3.05) is 0 Å². The summed E-state index contributed by atoms with van der Waals surface area (Å²) in [5, 5.41) is 0. The lowest BCUT2D eigenvalue weighted by atomic mass is 9.85. The van der Waals surface area contributed by atoms with E-state index in [1.807, 2.05) is 0 Å². The molecule has 1 fully saturated rings. The van der Waals surface area contributed by atoms with E-state index in [4.69, 9.17) is 4.74 Å². The molecule has 88 valence electrons. The van der Waals surface area contributed by atoms with Crippen molar-refractivity contribution in [1.29, 1.82) is 0 Å². The van der Waals surface area contributed by atoms with Gasteiger partial charge in [-0.25, -0.2) is 0 Å². The first-order valence-electron chi connectivity index (χ1n) is 6.13. The number of rotatable bonds is 3. The van der Waals surface area contributed by atoms with Gasteiger partial charge in [0.25, 0.3) is 0 Å². The van der Waals surface area contributed by atoms with Crippen molar-refractivity contribution >= 4 is 5.97 Å². The summed E-state index contributed by atoms with van der Waals surface area (Å²) in [5.74, 6) is 1.57. The number of ether oxygens (including phenoxy) is 1. The summed E-state index contributed by atoms with van der Waals surface area (Å²) in [7, 11) is 0. The van der Waals surface area contributed by atoms with Crippen LogP contribution in [0.3, 0.4) is 0 Å². The lowest BCUT2D eigenvalue weighted by molar-refractivity contribution is -0.141. The quantitative estimate of drug-likeness (QED) is 0.536. The van der Waals surface area contributed by atoms with E-state index < -0.39 is 0 Å². The summed E-state index contributed by atoms with van der Waals surface area (Å²) in [6.45, 7) is 8.14. The van der Waals surface area contributed by atoms with Gasteiger partial charge in [-0.05, 0) is 51.0 Å². The van der Waals surface area contributed by atoms with Gasteiger partial charge >= 0.3 is 5.97 Å². The first-order chi connectivity index (χ1) is 7.58. The Morgan fingerprint density at radius 3 is 2.56 bits per heavy atom. The third-order valence-corrected chi connectivity index (χ3v) is 3.61. The predicted octanol–water partition coefficient (Wildman–Crippen LogP) is 3.59. The highest BCUT2D eigenvalue weighted by Gasteiger charge is 2.33. The number of hydrogen-bond donors (Lipinski definition) is 0. The summed E-state index contributed by atoms with van der Waals surface area (Å²) in [5.41, 5.74) is 2.44. The van der Waals surface area contributed by atoms with E-state index in [0.29, 0.717) is 5.92 Å². The summed E-state index contributed by atoms with van der Waals surface area (Å²) >= 11 is 0. The number of esters is 1. The SMILES string of the molecule is C=C(C)[C@@H]1CCC(C)=C(OC(=O)C2CC2)C1. The Balaban J connectivity index is 2.00. The van der Waals surface area contributed by atoms with Crippen molar-refractivity contribution in [3.63, 3.8) is 0 Å². The van der Waals surface area contributed by atoms with Crippen molar-refractivity contribution in [3.05, 3.63) is 23.5 Å². The second-order valence-corrected chi connectivity index (χ2v) is 5.18. The fraction of sp³-hybridized carbons (Fsp3) is 0.643. The zero-order valence-electron chi connectivity index (χ0n) is 10.2. The highest BCUT2D eigenvalue weighted by molar-refractivity contribution is 5.76. The summed E-state index contributed by atoms with van der Waals surface area (Å²) in [6, 6.07) is 0. The zero-order valence-corrected chi connectivity index (χ0v) is 10.2. The van der Waals surface area contributed by atoms with Crippen LogP contribution in [0.25, 0.3) is 0 Å². The number of hydrogen-bond acceptors (Lipinski definition) is 2. The zero-order chi connectivity index (χ0) is 11.7. The third-order valence-electron chi connectivity index (χ3n) is 3.61. The Bertz CT molecular complexity index is 348. The molecule has 2 heteroatoms. The van der Waals surface area contributed by atoms with Gasteiger partial charge in [-0.15, -0.1) is 0 Å². The highest BCUT2D eigenvalue weighted by Crippen LogP contribution is 2.36. The highest BCUT2D eigenvalue weighted by atomic mass is 16.5. The summed E-state index contributed by atoms with van der Waals surface area (Å²) in [4.78, 5) is 11.6. The van der Waals surface area contributed by atoms with Crippen LogP contribution in [0.4, 0.5) is 0 Å². The van der Waals surface area contributed by atoms with Gasteiger partial charge in [0.15, 0.2) is 0 Å². The molecule has 0 N–H and O–H groups in total. The Morgan fingerprint density at radius 2 is 2.00 bits per heavy atom. The topological polar surface area (TPSA) is 26.3 Å². The molecule has 1 atom stereocenters. The van der Waals surface area contributed by atoms with Gasteiger partial charge in [-0.1, -0.05) is 12.2 Å². The molecular formula is C14H20O2. The molecule has 16 heavy (non-hydrogen) atoms. The van der Waals surface area contributed by atoms with E-state index in [0.717, 1.165) is 37.9 Å². The molecule has 0 aromatic carbocycles. The maximum Gasteiger partial charge on any atom is 0.314 e. The van der Waals surface area contributed by atoms with E-state index >= 15 is 0 Å². The average molecular weight is 220 g/mol. The van der Waals surface area contributed by atoms with Crippen LogP contribution in [0, 0.1) is 11.8 Å². The molecule has 2 aliphatic rings. The Labute approximate surface area is 97.4 Å². The van der Waals surface area contributed by atoms with Crippen LogP contribution in [0.1, 0.15) is 46.0 Å². The molecule has 0 aromatic rings. The molecule has 0 radical (unpaired) electrons. The normalized spacial score (nSPS) is 25.5. The molecular weight excluding hydrogens is 200 g/mol. The average Bonchev–Trinajstić information content (AvgIpc) is 3.04. The minimum atomic E-state index is -0.0169. The van der Waals surface area contributed by atoms with Gasteiger partial charge in [0.05, 0.1) is 5.92 Å². The first kappa shape index (κ1) is 11.4. The van der Waals surface area contributed by atoms with Crippen molar-refractivity contribution in [3.8, 4) is 0 Å². The van der Waals surface area contributed by atoms with Gasteiger partial charge in [0, 0.05) is 6.42 Å². The van der Waals surface area contributed by atoms with Gasteiger partial charge in [0.2, 0.25) is 0 Å². The van der Waals surface area contributed by atoms with Crippen molar-refractivity contribution < 1.29 is 9.53 Å². The number of carbonyl (C=O) groups excluding carboxylic acids is 1. The summed E-state index contributed by atoms with van der Waals surface area (Å²) < 4.78 is 5.51. The van der Waals surface area contributed by atoms with Crippen LogP contribution in [-0.2, 0) is 9.53 Å². The van der Waals surface area contributed by atoms with Crippen LogP contribution in [0.15, 0.2) is 23.5 Å². The molecule has 0 bridgehead atoms. The molecule has 2 aliphatic carbocycles. The molecule has 0 amide bonds. The maximum atomic E-state index is 11.6. The minimum absolute atomic E-state index is 0.0169. The molecule has 0 saturated heterocycles. The van der Waals surface area contributed by atoms with Crippen molar-refractivity contribution in [1.82, 2.24) is 0 Å². The van der Waals surface area contributed by atoms with Gasteiger partial charge in [-0.2, -0.15) is 0 Å². The summed E-state index contributed by atoms with van der Waals surface area (Å²) in [6.07, 6.45) is 5.06. The molecule has 2 rings (SSSR count). The van der Waals surface area contributed by atoms with Gasteiger partial charge in [-0.3, -0.25) is 4.79 Å². The Morgan fingerprint density at radius 1 is 1.31 bits per heavy atom. The van der Waals surface area contributed by atoms with Gasteiger partial charge in [0.1, 0.15) is 5.76 Å². The molecule has 0 unspecified atom stereocenters. The molecule has 0 aromatic heterocycles. The Kier molecular flexibility index (Phi) is 3.17. The lowest BCUT2D eigenvalue weighted by Crippen LogP contribution is -2.16. The second kappa shape index (κ2) is 4.44. The third kappa shape index (κ3) is 2.55. The standard InChI is InChI=1S/C14H20O2/c1-9(2)12-5-4-10(3)13(8-12)16-14(15)11-6-7-11/h11-12H,1,4-8H2,2-3H3/t12-/m1/s1. The van der Waals surface area contributed by atoms with E-state index in [2.05, 4.69) is 20.4 Å². The number of allylic oxidation sites excluding steroid dienone is 3. The molecule has 0 heterocycles. The van der Waals surface area contributed by atoms with E-state index in [1.54, 1.807) is 0 Å². The van der Waals surface area contributed by atoms with E-state index in [9.17, 15) is 4.79 Å². The van der Waals surface area contributed by atoms with Crippen molar-refractivity contribution in [2.24, 2.45) is 11.8 Å². The monoisotopic (exact) mass is 220 g/mol. The molecule has 2 nitrogen and oxygen atoms in total. The fourth-order valence-electron chi connectivity index (χ4n) is 2.10. The van der Waals surface area contributed by atoms with Crippen LogP contribution in [0.5, 0.6) is 0 Å². The first-order valence-corrected chi connectivity index (χ1v) is 6.13.